The summed E-state index contributed by atoms with van der Waals surface area (Å²) in [7, 11) is 0. The summed E-state index contributed by atoms with van der Waals surface area (Å²) < 4.78 is 5.24. The van der Waals surface area contributed by atoms with E-state index in [-0.39, 0.29) is 12.0 Å². The first-order chi connectivity index (χ1) is 7.31. The summed E-state index contributed by atoms with van der Waals surface area (Å²) in [5.74, 6) is 0.470. The molecule has 0 radical (unpaired) electrons. The number of benzene rings is 1. The van der Waals surface area contributed by atoms with Crippen molar-refractivity contribution < 1.29 is 9.53 Å². The Morgan fingerprint density at radius 2 is 2.20 bits per heavy atom. The Labute approximate surface area is 89.4 Å². The summed E-state index contributed by atoms with van der Waals surface area (Å²) >= 11 is 0. The Hall–Kier alpha value is -1.51. The Bertz CT molecular complexity index is 362. The van der Waals surface area contributed by atoms with Gasteiger partial charge in [-0.05, 0) is 18.6 Å². The molecular formula is C12H15NO2. The van der Waals surface area contributed by atoms with Crippen LogP contribution in [-0.4, -0.2) is 12.0 Å². The van der Waals surface area contributed by atoms with Gasteiger partial charge in [0.25, 0.3) is 0 Å². The molecule has 1 heterocycles. The SMILES string of the molecule is CCCC[C@@H]1Nc2ccccc2OC1=O. The van der Waals surface area contributed by atoms with Crippen molar-refractivity contribution in [2.24, 2.45) is 0 Å². The molecule has 0 saturated carbocycles. The van der Waals surface area contributed by atoms with Gasteiger partial charge in [-0.3, -0.25) is 0 Å². The van der Waals surface area contributed by atoms with E-state index in [0.717, 1.165) is 24.9 Å². The lowest BCUT2D eigenvalue weighted by Crippen LogP contribution is -2.37. The van der Waals surface area contributed by atoms with Crippen LogP contribution in [0.15, 0.2) is 24.3 Å². The maximum Gasteiger partial charge on any atom is 0.334 e. The molecule has 1 atom stereocenters. The van der Waals surface area contributed by atoms with Gasteiger partial charge in [-0.1, -0.05) is 31.9 Å². The van der Waals surface area contributed by atoms with Crippen LogP contribution in [0.4, 0.5) is 5.69 Å². The molecule has 80 valence electrons. The van der Waals surface area contributed by atoms with Crippen LogP contribution in [0.2, 0.25) is 0 Å². The number of nitrogens with one attached hydrogen (secondary N) is 1. The molecule has 3 nitrogen and oxygen atoms in total. The molecule has 0 fully saturated rings. The number of carbonyl (C=O) groups excluding carboxylic acids is 1. The largest absolute Gasteiger partial charge is 0.423 e. The van der Waals surface area contributed by atoms with Crippen LogP contribution in [0, 0.1) is 0 Å². The zero-order valence-corrected chi connectivity index (χ0v) is 8.82. The summed E-state index contributed by atoms with van der Waals surface area (Å²) in [6.07, 6.45) is 2.96. The highest BCUT2D eigenvalue weighted by atomic mass is 16.5. The third-order valence-electron chi connectivity index (χ3n) is 2.56. The highest BCUT2D eigenvalue weighted by Gasteiger charge is 2.26. The molecule has 0 bridgehead atoms. The minimum Gasteiger partial charge on any atom is -0.423 e. The second-order valence-corrected chi connectivity index (χ2v) is 3.76. The van der Waals surface area contributed by atoms with Gasteiger partial charge in [0.15, 0.2) is 5.75 Å². The molecule has 3 heteroatoms. The zero-order valence-electron chi connectivity index (χ0n) is 8.82. The van der Waals surface area contributed by atoms with Crippen LogP contribution < -0.4 is 10.1 Å². The number of esters is 1. The van der Waals surface area contributed by atoms with Crippen molar-refractivity contribution in [2.45, 2.75) is 32.2 Å². The maximum absolute atomic E-state index is 11.6. The third kappa shape index (κ3) is 2.12. The summed E-state index contributed by atoms with van der Waals surface area (Å²) in [5.41, 5.74) is 0.915. The molecule has 0 aliphatic carbocycles. The second-order valence-electron chi connectivity index (χ2n) is 3.76. The quantitative estimate of drug-likeness (QED) is 0.608. The lowest BCUT2D eigenvalue weighted by atomic mass is 10.1. The van der Waals surface area contributed by atoms with Crippen LogP contribution in [0.1, 0.15) is 26.2 Å². The molecule has 1 N–H and O–H groups in total. The molecule has 0 amide bonds. The Kier molecular flexibility index (Phi) is 2.90. The first kappa shape index (κ1) is 10.0. The van der Waals surface area contributed by atoms with Gasteiger partial charge in [0.2, 0.25) is 0 Å². The van der Waals surface area contributed by atoms with Crippen LogP contribution in [-0.2, 0) is 4.79 Å². The van der Waals surface area contributed by atoms with Crippen molar-refractivity contribution in [1.82, 2.24) is 0 Å². The van der Waals surface area contributed by atoms with Crippen LogP contribution in [0.25, 0.3) is 0 Å². The predicted molar refractivity (Wildman–Crippen MR) is 59.0 cm³/mol. The van der Waals surface area contributed by atoms with Crippen LogP contribution in [0.5, 0.6) is 5.75 Å². The number of unbranched alkanes of at least 4 members (excludes halogenated alkanes) is 1. The van der Waals surface area contributed by atoms with E-state index in [9.17, 15) is 4.79 Å². The highest BCUT2D eigenvalue weighted by molar-refractivity contribution is 5.86. The number of fused-ring (bicyclic) bond motifs is 1. The van der Waals surface area contributed by atoms with Gasteiger partial charge in [0, 0.05) is 0 Å². The van der Waals surface area contributed by atoms with E-state index in [1.165, 1.54) is 0 Å². The van der Waals surface area contributed by atoms with Crippen molar-refractivity contribution in [1.29, 1.82) is 0 Å². The monoisotopic (exact) mass is 205 g/mol. The number of para-hydroxylation sites is 2. The van der Waals surface area contributed by atoms with E-state index in [4.69, 9.17) is 4.74 Å². The minimum absolute atomic E-state index is 0.165. The van der Waals surface area contributed by atoms with E-state index in [0.29, 0.717) is 5.75 Å². The summed E-state index contributed by atoms with van der Waals surface area (Å²) in [4.78, 5) is 11.6. The van der Waals surface area contributed by atoms with Crippen molar-refractivity contribution in [3.8, 4) is 5.75 Å². The molecule has 0 saturated heterocycles. The fraction of sp³-hybridized carbons (Fsp3) is 0.417. The second kappa shape index (κ2) is 4.34. The van der Waals surface area contributed by atoms with Crippen molar-refractivity contribution in [3.63, 3.8) is 0 Å². The maximum atomic E-state index is 11.6. The van der Waals surface area contributed by atoms with E-state index in [2.05, 4.69) is 12.2 Å². The fourth-order valence-electron chi connectivity index (χ4n) is 1.70. The van der Waals surface area contributed by atoms with Crippen molar-refractivity contribution in [3.05, 3.63) is 24.3 Å². The third-order valence-corrected chi connectivity index (χ3v) is 2.56. The molecule has 2 rings (SSSR count). The number of carbonyl (C=O) groups is 1. The number of rotatable bonds is 3. The van der Waals surface area contributed by atoms with Crippen LogP contribution in [0.3, 0.4) is 0 Å². The minimum atomic E-state index is -0.181. The van der Waals surface area contributed by atoms with Gasteiger partial charge in [-0.2, -0.15) is 0 Å². The fourth-order valence-corrected chi connectivity index (χ4v) is 1.70. The first-order valence-electron chi connectivity index (χ1n) is 5.38. The summed E-state index contributed by atoms with van der Waals surface area (Å²) in [5, 5.41) is 3.21. The Morgan fingerprint density at radius 3 is 3.00 bits per heavy atom. The molecule has 0 spiro atoms. The number of anilines is 1. The lowest BCUT2D eigenvalue weighted by Gasteiger charge is -2.25. The summed E-state index contributed by atoms with van der Waals surface area (Å²) in [6, 6.07) is 7.35. The molecule has 1 aromatic carbocycles. The number of hydrogen-bond acceptors (Lipinski definition) is 3. The standard InChI is InChI=1S/C12H15NO2/c1-2-3-6-10-12(14)15-11-8-5-4-7-9(11)13-10/h4-5,7-8,10,13H,2-3,6H2,1H3/t10-/m0/s1. The average Bonchev–Trinajstić information content (AvgIpc) is 2.26. The molecule has 1 aliphatic rings. The predicted octanol–water partition coefficient (Wildman–Crippen LogP) is 2.58. The van der Waals surface area contributed by atoms with Gasteiger partial charge < -0.3 is 10.1 Å². The summed E-state index contributed by atoms with van der Waals surface area (Å²) in [6.45, 7) is 2.11. The van der Waals surface area contributed by atoms with E-state index in [1.54, 1.807) is 6.07 Å². The molecule has 15 heavy (non-hydrogen) atoms. The van der Waals surface area contributed by atoms with Gasteiger partial charge >= 0.3 is 5.97 Å². The van der Waals surface area contributed by atoms with Crippen molar-refractivity contribution in [2.75, 3.05) is 5.32 Å². The topological polar surface area (TPSA) is 38.3 Å². The smallest absolute Gasteiger partial charge is 0.334 e. The van der Waals surface area contributed by atoms with Gasteiger partial charge in [-0.25, -0.2) is 4.79 Å². The molecule has 1 aliphatic heterocycles. The Morgan fingerprint density at radius 1 is 1.40 bits per heavy atom. The molecule has 0 unspecified atom stereocenters. The molecular weight excluding hydrogens is 190 g/mol. The van der Waals surface area contributed by atoms with E-state index < -0.39 is 0 Å². The number of ether oxygens (including phenoxy) is 1. The van der Waals surface area contributed by atoms with Gasteiger partial charge in [0.1, 0.15) is 6.04 Å². The van der Waals surface area contributed by atoms with Gasteiger partial charge in [-0.15, -0.1) is 0 Å². The molecule has 0 aromatic heterocycles. The lowest BCUT2D eigenvalue weighted by molar-refractivity contribution is -0.136. The number of hydrogen-bond donors (Lipinski definition) is 1. The van der Waals surface area contributed by atoms with Gasteiger partial charge in [0.05, 0.1) is 5.69 Å². The van der Waals surface area contributed by atoms with E-state index >= 15 is 0 Å². The first-order valence-corrected chi connectivity index (χ1v) is 5.38. The van der Waals surface area contributed by atoms with Crippen LogP contribution >= 0.6 is 0 Å². The normalized spacial score (nSPS) is 19.0. The zero-order chi connectivity index (χ0) is 10.7. The highest BCUT2D eigenvalue weighted by Crippen LogP contribution is 2.29. The van der Waals surface area contributed by atoms with E-state index in [1.807, 2.05) is 18.2 Å². The molecule has 1 aromatic rings. The van der Waals surface area contributed by atoms with Crippen molar-refractivity contribution >= 4 is 11.7 Å². The Balaban J connectivity index is 2.11. The average molecular weight is 205 g/mol.